The van der Waals surface area contributed by atoms with Crippen LogP contribution in [0.15, 0.2) is 10.3 Å². The molecule has 1 aromatic heterocycles. The van der Waals surface area contributed by atoms with E-state index >= 15 is 0 Å². The first kappa shape index (κ1) is 45.1. The molecule has 2 rings (SSSR count). The second-order valence-corrected chi connectivity index (χ2v) is 16.8. The van der Waals surface area contributed by atoms with Crippen LogP contribution in [-0.4, -0.2) is 94.6 Å². The average Bonchev–Trinajstić information content (AvgIpc) is 3.11. The van der Waals surface area contributed by atoms with E-state index in [2.05, 4.69) is 36.0 Å². The number of ether oxygens (including phenoxy) is 1. The molecule has 8 nitrogen and oxygen atoms in total. The molecule has 2 heterocycles. The van der Waals surface area contributed by atoms with Gasteiger partial charge in [-0.1, -0.05) is 166 Å². The van der Waals surface area contributed by atoms with Gasteiger partial charge in [-0.25, -0.2) is 0 Å². The normalized spacial score (nSPS) is 14.6. The molecule has 1 N–H and O–H groups in total. The summed E-state index contributed by atoms with van der Waals surface area (Å²) in [6.45, 7) is 13.3. The van der Waals surface area contributed by atoms with Crippen LogP contribution in [0.25, 0.3) is 0 Å². The Bertz CT molecular complexity index is 950. The largest absolute Gasteiger partial charge is 0.466 e. The Morgan fingerprint density at radius 3 is 1.82 bits per heavy atom. The van der Waals surface area contributed by atoms with Crippen LogP contribution >= 0.6 is 23.5 Å². The molecule has 0 saturated carbocycles. The number of likely N-dealkylation sites (N-methyl/N-ethyl adjacent to an activating group) is 1. The molecule has 0 aromatic carbocycles. The summed E-state index contributed by atoms with van der Waals surface area (Å²) in [6.07, 6.45) is 29.1. The molecule has 0 amide bonds. The highest BCUT2D eigenvalue weighted by Gasteiger charge is 2.20. The zero-order valence-corrected chi connectivity index (χ0v) is 34.5. The van der Waals surface area contributed by atoms with Gasteiger partial charge in [0.15, 0.2) is 10.3 Å². The minimum absolute atomic E-state index is 0.106. The van der Waals surface area contributed by atoms with Crippen LogP contribution in [0.2, 0.25) is 0 Å². The lowest BCUT2D eigenvalue weighted by Gasteiger charge is -2.32. The third-order valence-electron chi connectivity index (χ3n) is 9.64. The number of anilines is 1. The summed E-state index contributed by atoms with van der Waals surface area (Å²) in [5.41, 5.74) is 0. The van der Waals surface area contributed by atoms with Crippen LogP contribution in [0.5, 0.6) is 0 Å². The molecule has 0 bridgehead atoms. The van der Waals surface area contributed by atoms with Crippen molar-refractivity contribution in [1.82, 2.24) is 24.8 Å². The predicted octanol–water partition coefficient (Wildman–Crippen LogP) is 10.7. The third-order valence-corrected chi connectivity index (χ3v) is 11.7. The number of unbranched alkanes of at least 4 members (excludes halogenated alkanes) is 18. The summed E-state index contributed by atoms with van der Waals surface area (Å²) in [6, 6.07) is 0. The van der Waals surface area contributed by atoms with Gasteiger partial charge in [0.05, 0.1) is 13.0 Å². The fourth-order valence-corrected chi connectivity index (χ4v) is 8.33. The van der Waals surface area contributed by atoms with E-state index in [1.54, 1.807) is 23.5 Å². The van der Waals surface area contributed by atoms with E-state index in [1.807, 2.05) is 6.92 Å². The van der Waals surface area contributed by atoms with E-state index in [4.69, 9.17) is 19.7 Å². The molecule has 1 fully saturated rings. The van der Waals surface area contributed by atoms with E-state index < -0.39 is 0 Å². The molecule has 0 aliphatic carbocycles. The molecule has 1 unspecified atom stereocenters. The van der Waals surface area contributed by atoms with Crippen LogP contribution < -0.4 is 5.32 Å². The standard InChI is InChI=1S/C40H76N6O2S2/c1-5-8-10-12-13-14-15-16-17-18-19-20-21-22-23-25-34-49-39-42-38(41-27-28-46-31-29-45(4)30-32-46)43-40(44-39)50-36(26-24-11-9-6-2)35-37(47)48-33-7-3/h36H,5-35H2,1-4H3,(H,41,42,43,44). The quantitative estimate of drug-likeness (QED) is 0.0428. The van der Waals surface area contributed by atoms with Crippen molar-refractivity contribution in [2.75, 3.05) is 64.0 Å². The second kappa shape index (κ2) is 31.4. The third kappa shape index (κ3) is 24.2. The molecule has 1 atom stereocenters. The van der Waals surface area contributed by atoms with Crippen LogP contribution in [0, 0.1) is 0 Å². The summed E-state index contributed by atoms with van der Waals surface area (Å²) in [7, 11) is 2.19. The number of carbonyl (C=O) groups is 1. The van der Waals surface area contributed by atoms with Crippen molar-refractivity contribution in [1.29, 1.82) is 0 Å². The summed E-state index contributed by atoms with van der Waals surface area (Å²) >= 11 is 3.38. The van der Waals surface area contributed by atoms with Gasteiger partial charge in [0, 0.05) is 50.3 Å². The maximum absolute atomic E-state index is 12.6. The Hall–Kier alpha value is -1.10. The fourth-order valence-electron chi connectivity index (χ4n) is 6.36. The van der Waals surface area contributed by atoms with Gasteiger partial charge in [0.1, 0.15) is 0 Å². The molecule has 1 aliphatic heterocycles. The number of nitrogens with one attached hydrogen (secondary N) is 1. The summed E-state index contributed by atoms with van der Waals surface area (Å²) < 4.78 is 5.47. The monoisotopic (exact) mass is 737 g/mol. The summed E-state index contributed by atoms with van der Waals surface area (Å²) in [5, 5.41) is 5.13. The van der Waals surface area contributed by atoms with Crippen LogP contribution in [0.4, 0.5) is 5.95 Å². The minimum atomic E-state index is -0.113. The number of thioether (sulfide) groups is 2. The first-order chi connectivity index (χ1) is 24.5. The number of esters is 1. The number of aromatic nitrogens is 3. The van der Waals surface area contributed by atoms with Crippen molar-refractivity contribution >= 4 is 35.4 Å². The Morgan fingerprint density at radius 2 is 1.24 bits per heavy atom. The van der Waals surface area contributed by atoms with E-state index in [-0.39, 0.29) is 11.2 Å². The van der Waals surface area contributed by atoms with Gasteiger partial charge in [-0.05, 0) is 26.3 Å². The Labute approximate surface area is 316 Å². The average molecular weight is 737 g/mol. The molecule has 290 valence electrons. The Balaban J connectivity index is 1.79. The number of hydrogen-bond acceptors (Lipinski definition) is 10. The van der Waals surface area contributed by atoms with Crippen molar-refractivity contribution in [3.05, 3.63) is 0 Å². The van der Waals surface area contributed by atoms with Crippen molar-refractivity contribution in [3.63, 3.8) is 0 Å². The molecular formula is C40H76N6O2S2. The van der Waals surface area contributed by atoms with Crippen LogP contribution in [-0.2, 0) is 9.53 Å². The van der Waals surface area contributed by atoms with E-state index in [0.29, 0.717) is 19.0 Å². The summed E-state index contributed by atoms with van der Waals surface area (Å²) in [4.78, 5) is 32.1. The molecule has 1 aliphatic rings. The molecule has 50 heavy (non-hydrogen) atoms. The van der Waals surface area contributed by atoms with Crippen molar-refractivity contribution in [3.8, 4) is 0 Å². The maximum atomic E-state index is 12.6. The van der Waals surface area contributed by atoms with Gasteiger partial charge >= 0.3 is 5.97 Å². The molecule has 0 radical (unpaired) electrons. The lowest BCUT2D eigenvalue weighted by atomic mass is 10.0. The van der Waals surface area contributed by atoms with Gasteiger partial charge < -0.3 is 15.0 Å². The highest BCUT2D eigenvalue weighted by atomic mass is 32.2. The lowest BCUT2D eigenvalue weighted by molar-refractivity contribution is -0.143. The molecule has 1 saturated heterocycles. The first-order valence-electron chi connectivity index (χ1n) is 20.9. The maximum Gasteiger partial charge on any atom is 0.306 e. The lowest BCUT2D eigenvalue weighted by Crippen LogP contribution is -2.45. The molecule has 1 aromatic rings. The number of hydrogen-bond donors (Lipinski definition) is 1. The van der Waals surface area contributed by atoms with Crippen molar-refractivity contribution < 1.29 is 9.53 Å². The van der Waals surface area contributed by atoms with Crippen molar-refractivity contribution in [2.24, 2.45) is 0 Å². The second-order valence-electron chi connectivity index (χ2n) is 14.5. The van der Waals surface area contributed by atoms with E-state index in [9.17, 15) is 4.79 Å². The Morgan fingerprint density at radius 1 is 0.700 bits per heavy atom. The highest BCUT2D eigenvalue weighted by molar-refractivity contribution is 8.00. The fraction of sp³-hybridized carbons (Fsp3) is 0.900. The van der Waals surface area contributed by atoms with E-state index in [0.717, 1.165) is 74.6 Å². The number of carbonyl (C=O) groups excluding carboxylic acids is 1. The minimum Gasteiger partial charge on any atom is -0.466 e. The topological polar surface area (TPSA) is 83.5 Å². The van der Waals surface area contributed by atoms with Crippen molar-refractivity contribution in [2.45, 2.75) is 184 Å². The molecule has 0 spiro atoms. The predicted molar refractivity (Wildman–Crippen MR) is 217 cm³/mol. The zero-order valence-electron chi connectivity index (χ0n) is 32.9. The summed E-state index contributed by atoms with van der Waals surface area (Å²) in [5.74, 6) is 1.57. The van der Waals surface area contributed by atoms with Crippen LogP contribution in [0.1, 0.15) is 168 Å². The molecule has 10 heteroatoms. The van der Waals surface area contributed by atoms with Crippen LogP contribution in [0.3, 0.4) is 0 Å². The highest BCUT2D eigenvalue weighted by Crippen LogP contribution is 2.30. The zero-order chi connectivity index (χ0) is 35.9. The smallest absolute Gasteiger partial charge is 0.306 e. The van der Waals surface area contributed by atoms with E-state index in [1.165, 1.54) is 122 Å². The van der Waals surface area contributed by atoms with Gasteiger partial charge in [0.2, 0.25) is 5.95 Å². The molecular weight excluding hydrogens is 661 g/mol. The number of rotatable bonds is 33. The number of nitrogens with zero attached hydrogens (tertiary/aromatic N) is 5. The van der Waals surface area contributed by atoms with Gasteiger partial charge in [0.25, 0.3) is 0 Å². The van der Waals surface area contributed by atoms with Gasteiger partial charge in [-0.15, -0.1) is 0 Å². The first-order valence-corrected chi connectivity index (χ1v) is 22.8. The SMILES string of the molecule is CCCCCCCCCCCCCCCCCCSc1nc(NCCN2CCN(C)CC2)nc(SC(CCCCCC)CC(=O)OCCC)n1. The van der Waals surface area contributed by atoms with Gasteiger partial charge in [-0.3, -0.25) is 9.69 Å². The van der Waals surface area contributed by atoms with Gasteiger partial charge in [-0.2, -0.15) is 15.0 Å². The number of piperazine rings is 1. The Kier molecular flexibility index (Phi) is 28.3.